The number of nitrogens with zero attached hydrogens (tertiary/aromatic N) is 3. The Bertz CT molecular complexity index is 1030. The lowest BCUT2D eigenvalue weighted by Crippen LogP contribution is -2.27. The fraction of sp³-hybridized carbons (Fsp3) is 0.381. The van der Waals surface area contributed by atoms with Crippen molar-refractivity contribution in [1.29, 1.82) is 0 Å². The summed E-state index contributed by atoms with van der Waals surface area (Å²) in [5, 5.41) is 4.68. The SMILES string of the molecule is Cc1nc(NCc2cccc(OCC(=O)N(C)C)c2)c2c3c(sc2n1)CCC3. The number of fused-ring (bicyclic) bond motifs is 3. The fourth-order valence-electron chi connectivity index (χ4n) is 3.44. The summed E-state index contributed by atoms with van der Waals surface area (Å²) in [5.41, 5.74) is 2.49. The minimum Gasteiger partial charge on any atom is -0.484 e. The second-order valence-electron chi connectivity index (χ2n) is 7.23. The summed E-state index contributed by atoms with van der Waals surface area (Å²) in [6.07, 6.45) is 3.48. The number of anilines is 1. The number of carbonyl (C=O) groups excluding carboxylic acids is 1. The van der Waals surface area contributed by atoms with E-state index in [0.717, 1.165) is 34.9 Å². The first-order valence-corrected chi connectivity index (χ1v) is 10.3. The maximum absolute atomic E-state index is 11.7. The van der Waals surface area contributed by atoms with E-state index in [1.54, 1.807) is 25.4 Å². The largest absolute Gasteiger partial charge is 0.484 e. The third kappa shape index (κ3) is 3.80. The average molecular weight is 397 g/mol. The van der Waals surface area contributed by atoms with Crippen LogP contribution in [-0.4, -0.2) is 41.5 Å². The Kier molecular flexibility index (Phi) is 5.17. The molecule has 6 nitrogen and oxygen atoms in total. The van der Waals surface area contributed by atoms with Gasteiger partial charge in [-0.2, -0.15) is 0 Å². The number of nitrogens with one attached hydrogen (secondary N) is 1. The standard InChI is InChI=1S/C21H24N4O2S/c1-13-23-20(19-16-8-5-9-17(16)28-21(19)24-13)22-11-14-6-4-7-15(10-14)27-12-18(26)25(2)3/h4,6-7,10H,5,8-9,11-12H2,1-3H3,(H,22,23,24). The molecule has 0 aliphatic heterocycles. The second kappa shape index (κ2) is 7.75. The van der Waals surface area contributed by atoms with E-state index in [4.69, 9.17) is 4.74 Å². The van der Waals surface area contributed by atoms with E-state index in [9.17, 15) is 4.79 Å². The van der Waals surface area contributed by atoms with Gasteiger partial charge in [-0.3, -0.25) is 4.79 Å². The maximum Gasteiger partial charge on any atom is 0.259 e. The number of thiophene rings is 1. The number of aromatic nitrogens is 2. The molecule has 3 aromatic rings. The van der Waals surface area contributed by atoms with E-state index >= 15 is 0 Å². The van der Waals surface area contributed by atoms with Crippen LogP contribution in [0.2, 0.25) is 0 Å². The number of rotatable bonds is 6. The Morgan fingerprint density at radius 1 is 1.29 bits per heavy atom. The van der Waals surface area contributed by atoms with Gasteiger partial charge in [0.2, 0.25) is 0 Å². The maximum atomic E-state index is 11.7. The zero-order valence-corrected chi connectivity index (χ0v) is 17.2. The number of benzene rings is 1. The molecule has 0 bridgehead atoms. The smallest absolute Gasteiger partial charge is 0.259 e. The quantitative estimate of drug-likeness (QED) is 0.690. The minimum absolute atomic E-state index is 0.0383. The highest BCUT2D eigenvalue weighted by atomic mass is 32.1. The first kappa shape index (κ1) is 18.7. The van der Waals surface area contributed by atoms with Crippen LogP contribution in [0.1, 0.15) is 28.2 Å². The summed E-state index contributed by atoms with van der Waals surface area (Å²) in [6, 6.07) is 7.80. The van der Waals surface area contributed by atoms with E-state index in [1.165, 1.54) is 27.1 Å². The van der Waals surface area contributed by atoms with Crippen molar-refractivity contribution in [2.24, 2.45) is 0 Å². The van der Waals surface area contributed by atoms with Gasteiger partial charge in [0.1, 0.15) is 22.2 Å². The van der Waals surface area contributed by atoms with Gasteiger partial charge in [0.15, 0.2) is 6.61 Å². The lowest BCUT2D eigenvalue weighted by Gasteiger charge is -2.13. The van der Waals surface area contributed by atoms with E-state index < -0.39 is 0 Å². The van der Waals surface area contributed by atoms with Gasteiger partial charge in [0.05, 0.1) is 5.39 Å². The number of amides is 1. The minimum atomic E-state index is -0.0614. The third-order valence-electron chi connectivity index (χ3n) is 4.90. The zero-order valence-electron chi connectivity index (χ0n) is 16.4. The average Bonchev–Trinajstić information content (AvgIpc) is 3.25. The van der Waals surface area contributed by atoms with E-state index in [2.05, 4.69) is 15.3 Å². The number of hydrogen-bond donors (Lipinski definition) is 1. The predicted octanol–water partition coefficient (Wildman–Crippen LogP) is 3.57. The summed E-state index contributed by atoms with van der Waals surface area (Å²) in [6.45, 7) is 2.61. The molecule has 28 heavy (non-hydrogen) atoms. The monoisotopic (exact) mass is 396 g/mol. The van der Waals surface area contributed by atoms with Crippen LogP contribution in [0.5, 0.6) is 5.75 Å². The molecule has 0 saturated carbocycles. The van der Waals surface area contributed by atoms with E-state index in [1.807, 2.05) is 31.2 Å². The van der Waals surface area contributed by atoms with E-state index in [0.29, 0.717) is 12.3 Å². The Hall–Kier alpha value is -2.67. The molecule has 0 saturated heterocycles. The molecule has 0 spiro atoms. The molecular formula is C21H24N4O2S. The van der Waals surface area contributed by atoms with Gasteiger partial charge in [-0.05, 0) is 49.4 Å². The first-order valence-electron chi connectivity index (χ1n) is 9.46. The van der Waals surface area contributed by atoms with Gasteiger partial charge in [0.25, 0.3) is 5.91 Å². The lowest BCUT2D eigenvalue weighted by molar-refractivity contribution is -0.130. The van der Waals surface area contributed by atoms with Crippen molar-refractivity contribution in [3.63, 3.8) is 0 Å². The van der Waals surface area contributed by atoms with Crippen LogP contribution in [0.3, 0.4) is 0 Å². The van der Waals surface area contributed by atoms with Crippen molar-refractivity contribution in [1.82, 2.24) is 14.9 Å². The van der Waals surface area contributed by atoms with Crippen LogP contribution in [-0.2, 0) is 24.2 Å². The van der Waals surface area contributed by atoms with Crippen LogP contribution in [0.15, 0.2) is 24.3 Å². The van der Waals surface area contributed by atoms with E-state index in [-0.39, 0.29) is 12.5 Å². The number of carbonyl (C=O) groups is 1. The molecule has 1 N–H and O–H groups in total. The summed E-state index contributed by atoms with van der Waals surface area (Å²) < 4.78 is 5.62. The predicted molar refractivity (Wildman–Crippen MR) is 112 cm³/mol. The Morgan fingerprint density at radius 2 is 2.14 bits per heavy atom. The van der Waals surface area contributed by atoms with Crippen molar-refractivity contribution in [3.8, 4) is 5.75 Å². The molecule has 146 valence electrons. The number of hydrogen-bond acceptors (Lipinski definition) is 6. The van der Waals surface area contributed by atoms with Gasteiger partial charge in [-0.1, -0.05) is 12.1 Å². The van der Waals surface area contributed by atoms with Crippen molar-refractivity contribution in [2.45, 2.75) is 32.7 Å². The summed E-state index contributed by atoms with van der Waals surface area (Å²) in [5.74, 6) is 2.33. The Morgan fingerprint density at radius 3 is 2.96 bits per heavy atom. The molecule has 0 fully saturated rings. The molecule has 1 aromatic carbocycles. The molecule has 4 rings (SSSR count). The molecule has 1 aliphatic rings. The molecule has 1 aliphatic carbocycles. The van der Waals surface area contributed by atoms with Crippen LogP contribution < -0.4 is 10.1 Å². The van der Waals surface area contributed by atoms with Gasteiger partial charge in [0, 0.05) is 25.5 Å². The highest BCUT2D eigenvalue weighted by molar-refractivity contribution is 7.19. The molecule has 7 heteroatoms. The molecule has 2 aromatic heterocycles. The van der Waals surface area contributed by atoms with Crippen molar-refractivity contribution < 1.29 is 9.53 Å². The van der Waals surface area contributed by atoms with Crippen molar-refractivity contribution in [2.75, 3.05) is 26.0 Å². The fourth-order valence-corrected chi connectivity index (χ4v) is 4.74. The Balaban J connectivity index is 1.51. The van der Waals surface area contributed by atoms with Crippen LogP contribution in [0.25, 0.3) is 10.2 Å². The molecule has 0 unspecified atom stereocenters. The molecule has 2 heterocycles. The highest BCUT2D eigenvalue weighted by Crippen LogP contribution is 2.39. The van der Waals surface area contributed by atoms with Gasteiger partial charge in [-0.15, -0.1) is 11.3 Å². The van der Waals surface area contributed by atoms with Crippen LogP contribution in [0.4, 0.5) is 5.82 Å². The second-order valence-corrected chi connectivity index (χ2v) is 8.32. The molecular weight excluding hydrogens is 372 g/mol. The van der Waals surface area contributed by atoms with Crippen LogP contribution >= 0.6 is 11.3 Å². The number of ether oxygens (including phenoxy) is 1. The highest BCUT2D eigenvalue weighted by Gasteiger charge is 2.21. The van der Waals surface area contributed by atoms with Gasteiger partial charge < -0.3 is 15.0 Å². The van der Waals surface area contributed by atoms with Crippen molar-refractivity contribution >= 4 is 33.3 Å². The van der Waals surface area contributed by atoms with Gasteiger partial charge in [-0.25, -0.2) is 9.97 Å². The van der Waals surface area contributed by atoms with Gasteiger partial charge >= 0.3 is 0 Å². The Labute approximate surface area is 168 Å². The molecule has 1 amide bonds. The number of likely N-dealkylation sites (N-methyl/N-ethyl adjacent to an activating group) is 1. The summed E-state index contributed by atoms with van der Waals surface area (Å²) in [7, 11) is 3.44. The lowest BCUT2D eigenvalue weighted by atomic mass is 10.1. The third-order valence-corrected chi connectivity index (χ3v) is 6.08. The van der Waals surface area contributed by atoms with Crippen LogP contribution in [0, 0.1) is 6.92 Å². The first-order chi connectivity index (χ1) is 13.5. The number of aryl methyl sites for hydroxylation is 3. The molecule has 0 radical (unpaired) electrons. The summed E-state index contributed by atoms with van der Waals surface area (Å²) >= 11 is 1.80. The topological polar surface area (TPSA) is 67.4 Å². The van der Waals surface area contributed by atoms with Crippen molar-refractivity contribution in [3.05, 3.63) is 46.1 Å². The summed E-state index contributed by atoms with van der Waals surface area (Å²) in [4.78, 5) is 25.1. The molecule has 0 atom stereocenters. The normalized spacial score (nSPS) is 12.8. The zero-order chi connectivity index (χ0) is 19.7.